The molecule has 0 spiro atoms. The Morgan fingerprint density at radius 1 is 1.39 bits per heavy atom. The molecule has 2 aromatic heterocycles. The maximum absolute atomic E-state index is 12.2. The first-order valence-electron chi connectivity index (χ1n) is 7.67. The van der Waals surface area contributed by atoms with Gasteiger partial charge in [0.2, 0.25) is 5.91 Å². The van der Waals surface area contributed by atoms with Crippen LogP contribution in [0.1, 0.15) is 18.4 Å². The van der Waals surface area contributed by atoms with Crippen molar-refractivity contribution in [1.82, 2.24) is 19.8 Å². The van der Waals surface area contributed by atoms with Crippen molar-refractivity contribution in [3.05, 3.63) is 47.3 Å². The van der Waals surface area contributed by atoms with Crippen LogP contribution < -0.4 is 5.32 Å². The lowest BCUT2D eigenvalue weighted by Crippen LogP contribution is -2.32. The number of carbonyl (C=O) groups excluding carboxylic acids is 1. The highest BCUT2D eigenvalue weighted by atomic mass is 32.2. The number of amides is 1. The zero-order chi connectivity index (χ0) is 15.6. The molecule has 1 N–H and O–H groups in total. The van der Waals surface area contributed by atoms with Crippen molar-refractivity contribution in [2.24, 2.45) is 4.99 Å². The number of nitrogens with one attached hydrogen (secondary N) is 1. The van der Waals surface area contributed by atoms with Crippen LogP contribution in [0.4, 0.5) is 0 Å². The molecule has 0 saturated carbocycles. The van der Waals surface area contributed by atoms with Crippen LogP contribution in [0.15, 0.2) is 46.7 Å². The molecule has 118 valence electrons. The van der Waals surface area contributed by atoms with Gasteiger partial charge in [-0.25, -0.2) is 4.52 Å². The summed E-state index contributed by atoms with van der Waals surface area (Å²) in [6.45, 7) is 2.34. The van der Waals surface area contributed by atoms with Gasteiger partial charge < -0.3 is 10.2 Å². The lowest BCUT2D eigenvalue weighted by molar-refractivity contribution is -0.120. The minimum absolute atomic E-state index is 0.0268. The van der Waals surface area contributed by atoms with Crippen molar-refractivity contribution in [2.75, 3.05) is 13.1 Å². The molecule has 7 heteroatoms. The predicted octanol–water partition coefficient (Wildman–Crippen LogP) is 1.99. The molecule has 0 radical (unpaired) electrons. The lowest BCUT2D eigenvalue weighted by Gasteiger charge is -2.25. The summed E-state index contributed by atoms with van der Waals surface area (Å²) < 4.78 is 1.81. The molecule has 2 aliphatic heterocycles. The highest BCUT2D eigenvalue weighted by molar-refractivity contribution is 8.16. The number of aliphatic imine (C=N–C) groups is 1. The Morgan fingerprint density at radius 3 is 3.30 bits per heavy atom. The quantitative estimate of drug-likeness (QED) is 0.933. The van der Waals surface area contributed by atoms with E-state index >= 15 is 0 Å². The SMILES string of the molecule is O=C(CC1=CSC2=NCCCN12)NCc1cnn2ccccc12. The van der Waals surface area contributed by atoms with Crippen molar-refractivity contribution in [1.29, 1.82) is 0 Å². The number of pyridine rings is 1. The molecule has 2 aliphatic rings. The molecule has 0 aromatic carbocycles. The van der Waals surface area contributed by atoms with Crippen molar-refractivity contribution in [3.8, 4) is 0 Å². The Morgan fingerprint density at radius 2 is 2.35 bits per heavy atom. The van der Waals surface area contributed by atoms with Gasteiger partial charge >= 0.3 is 0 Å². The molecule has 0 fully saturated rings. The smallest absolute Gasteiger partial charge is 0.226 e. The van der Waals surface area contributed by atoms with Gasteiger partial charge in [-0.05, 0) is 24.0 Å². The monoisotopic (exact) mass is 327 g/mol. The maximum atomic E-state index is 12.2. The standard InChI is InChI=1S/C16H17N5OS/c22-15(8-13-11-23-16-17-5-3-6-20(13)16)18-9-12-10-19-21-7-2-1-4-14(12)21/h1-2,4,7,10-11H,3,5-6,8-9H2,(H,18,22). The largest absolute Gasteiger partial charge is 0.352 e. The van der Waals surface area contributed by atoms with E-state index in [1.807, 2.05) is 34.3 Å². The molecular weight excluding hydrogens is 310 g/mol. The van der Waals surface area contributed by atoms with E-state index in [1.54, 1.807) is 18.0 Å². The van der Waals surface area contributed by atoms with Crippen LogP contribution in [0.25, 0.3) is 5.52 Å². The van der Waals surface area contributed by atoms with Crippen molar-refractivity contribution < 1.29 is 4.79 Å². The molecule has 4 rings (SSSR count). The van der Waals surface area contributed by atoms with E-state index in [1.165, 1.54) is 0 Å². The molecule has 1 amide bonds. The fourth-order valence-electron chi connectivity index (χ4n) is 2.82. The first-order chi connectivity index (χ1) is 11.3. The van der Waals surface area contributed by atoms with E-state index in [9.17, 15) is 4.79 Å². The van der Waals surface area contributed by atoms with Gasteiger partial charge in [-0.1, -0.05) is 17.8 Å². The predicted molar refractivity (Wildman–Crippen MR) is 91.0 cm³/mol. The summed E-state index contributed by atoms with van der Waals surface area (Å²) in [6.07, 6.45) is 5.14. The molecule has 0 unspecified atom stereocenters. The van der Waals surface area contributed by atoms with E-state index < -0.39 is 0 Å². The lowest BCUT2D eigenvalue weighted by atomic mass is 10.2. The number of thioether (sulfide) groups is 1. The number of hydrogen-bond acceptors (Lipinski definition) is 5. The fourth-order valence-corrected chi connectivity index (χ4v) is 3.77. The van der Waals surface area contributed by atoms with Gasteiger partial charge in [0.15, 0.2) is 5.17 Å². The molecule has 6 nitrogen and oxygen atoms in total. The molecular formula is C16H17N5OS. The zero-order valence-electron chi connectivity index (χ0n) is 12.6. The topological polar surface area (TPSA) is 62.0 Å². The molecule has 23 heavy (non-hydrogen) atoms. The van der Waals surface area contributed by atoms with Crippen LogP contribution in [0.3, 0.4) is 0 Å². The Hall–Kier alpha value is -2.28. The van der Waals surface area contributed by atoms with Crippen LogP contribution in [-0.4, -0.2) is 38.7 Å². The van der Waals surface area contributed by atoms with Crippen molar-refractivity contribution >= 4 is 28.4 Å². The summed E-state index contributed by atoms with van der Waals surface area (Å²) in [4.78, 5) is 18.9. The molecule has 0 bridgehead atoms. The summed E-state index contributed by atoms with van der Waals surface area (Å²) in [5.41, 5.74) is 3.09. The molecule has 0 saturated heterocycles. The van der Waals surface area contributed by atoms with Crippen LogP contribution >= 0.6 is 11.8 Å². The van der Waals surface area contributed by atoms with Crippen LogP contribution in [0.5, 0.6) is 0 Å². The average Bonchev–Trinajstić information content (AvgIpc) is 3.18. The third-order valence-electron chi connectivity index (χ3n) is 3.99. The number of amidine groups is 1. The van der Waals surface area contributed by atoms with Gasteiger partial charge in [-0.2, -0.15) is 5.10 Å². The normalized spacial score (nSPS) is 17.0. The summed E-state index contributed by atoms with van der Waals surface area (Å²) in [5, 5.41) is 10.3. The molecule has 4 heterocycles. The Balaban J connectivity index is 1.37. The van der Waals surface area contributed by atoms with Crippen LogP contribution in [-0.2, 0) is 11.3 Å². The summed E-state index contributed by atoms with van der Waals surface area (Å²) in [6, 6.07) is 5.91. The van der Waals surface area contributed by atoms with Gasteiger partial charge in [0.1, 0.15) is 0 Å². The summed E-state index contributed by atoms with van der Waals surface area (Å²) >= 11 is 1.61. The summed E-state index contributed by atoms with van der Waals surface area (Å²) in [7, 11) is 0. The summed E-state index contributed by atoms with van der Waals surface area (Å²) in [5.74, 6) is 0.0268. The van der Waals surface area contributed by atoms with E-state index in [-0.39, 0.29) is 5.91 Å². The van der Waals surface area contributed by atoms with E-state index in [0.717, 1.165) is 41.5 Å². The Kier molecular flexibility index (Phi) is 3.78. The number of hydrogen-bond donors (Lipinski definition) is 1. The van der Waals surface area contributed by atoms with Crippen LogP contribution in [0, 0.1) is 0 Å². The Labute approximate surface area is 138 Å². The first-order valence-corrected chi connectivity index (χ1v) is 8.55. The van der Waals surface area contributed by atoms with Crippen LogP contribution in [0.2, 0.25) is 0 Å². The second-order valence-electron chi connectivity index (χ2n) is 5.55. The number of carbonyl (C=O) groups is 1. The van der Waals surface area contributed by atoms with Crippen molar-refractivity contribution in [2.45, 2.75) is 19.4 Å². The molecule has 0 aliphatic carbocycles. The Bertz CT molecular complexity index is 810. The number of nitrogens with zero attached hydrogens (tertiary/aromatic N) is 4. The van der Waals surface area contributed by atoms with E-state index in [4.69, 9.17) is 0 Å². The third-order valence-corrected chi connectivity index (χ3v) is 4.94. The molecule has 2 aromatic rings. The number of fused-ring (bicyclic) bond motifs is 2. The highest BCUT2D eigenvalue weighted by Gasteiger charge is 2.26. The first kappa shape index (κ1) is 14.3. The fraction of sp³-hybridized carbons (Fsp3) is 0.312. The number of rotatable bonds is 4. The van der Waals surface area contributed by atoms with Gasteiger partial charge in [0.25, 0.3) is 0 Å². The average molecular weight is 327 g/mol. The van der Waals surface area contributed by atoms with Gasteiger partial charge in [-0.3, -0.25) is 9.79 Å². The van der Waals surface area contributed by atoms with Gasteiger partial charge in [0.05, 0.1) is 18.1 Å². The number of aromatic nitrogens is 2. The highest BCUT2D eigenvalue weighted by Crippen LogP contribution is 2.30. The van der Waals surface area contributed by atoms with Gasteiger partial charge in [-0.15, -0.1) is 0 Å². The zero-order valence-corrected chi connectivity index (χ0v) is 13.4. The minimum Gasteiger partial charge on any atom is -0.352 e. The molecule has 0 atom stereocenters. The van der Waals surface area contributed by atoms with Gasteiger partial charge in [0, 0.05) is 37.1 Å². The third kappa shape index (κ3) is 2.84. The van der Waals surface area contributed by atoms with Crippen molar-refractivity contribution in [3.63, 3.8) is 0 Å². The minimum atomic E-state index is 0.0268. The maximum Gasteiger partial charge on any atom is 0.226 e. The second kappa shape index (κ2) is 6.08. The van der Waals surface area contributed by atoms with E-state index in [2.05, 4.69) is 20.3 Å². The van der Waals surface area contributed by atoms with E-state index in [0.29, 0.717) is 13.0 Å². The second-order valence-corrected chi connectivity index (χ2v) is 6.39.